The molecule has 9 nitrogen and oxygen atoms in total. The third-order valence-electron chi connectivity index (χ3n) is 28.2. The Balaban J connectivity index is 0.763. The van der Waals surface area contributed by atoms with Crippen molar-refractivity contribution in [1.29, 1.82) is 0 Å². The maximum atomic E-state index is 8.32. The van der Waals surface area contributed by atoms with E-state index in [-0.39, 0.29) is 20.1 Å². The van der Waals surface area contributed by atoms with Gasteiger partial charge in [0.2, 0.25) is 0 Å². The van der Waals surface area contributed by atoms with E-state index in [1.165, 1.54) is 134 Å². The van der Waals surface area contributed by atoms with Gasteiger partial charge in [0.25, 0.3) is 20.1 Å². The molecule has 28 rings (SSSR count). The van der Waals surface area contributed by atoms with Crippen LogP contribution in [0.3, 0.4) is 0 Å². The number of anilines is 14. The molecule has 0 radical (unpaired) electrons. The smallest absolute Gasteiger partial charge is 0.264 e. The predicted octanol–water partition coefficient (Wildman–Crippen LogP) is 24.1. The van der Waals surface area contributed by atoms with Gasteiger partial charge in [-0.2, -0.15) is 0 Å². The first-order chi connectivity index (χ1) is 62.0. The van der Waals surface area contributed by atoms with Crippen LogP contribution in [0.5, 0.6) is 11.5 Å². The van der Waals surface area contributed by atoms with Gasteiger partial charge in [0.05, 0.1) is 72.9 Å². The number of nitrogens with one attached hydrogen (secondary N) is 1. The lowest BCUT2D eigenvalue weighted by atomic mass is 9.30. The van der Waals surface area contributed by atoms with E-state index >= 15 is 0 Å². The first kappa shape index (κ1) is 70.6. The molecule has 0 bridgehead atoms. The van der Waals surface area contributed by atoms with E-state index in [2.05, 4.69) is 420 Å². The van der Waals surface area contributed by atoms with E-state index < -0.39 is 0 Å². The Morgan fingerprint density at radius 3 is 1.05 bits per heavy atom. The topological polar surface area (TPSA) is 49.0 Å². The number of ether oxygens (including phenoxy) is 1. The second-order valence-corrected chi connectivity index (χ2v) is 37.6. The van der Waals surface area contributed by atoms with Gasteiger partial charge in [-0.05, 0) is 211 Å². The van der Waals surface area contributed by atoms with E-state index in [1.807, 2.05) is 22.7 Å². The Bertz CT molecular complexity index is 8450. The van der Waals surface area contributed by atoms with Gasteiger partial charge in [-0.25, -0.2) is 0 Å². The second-order valence-electron chi connectivity index (χ2n) is 35.4. The average molecular weight is 1650 g/mol. The van der Waals surface area contributed by atoms with Gasteiger partial charge < -0.3 is 43.4 Å². The molecule has 0 amide bonds. The second kappa shape index (κ2) is 25.8. The molecule has 6 aliphatic heterocycles. The molecule has 0 spiro atoms. The fourth-order valence-electron chi connectivity index (χ4n) is 23.6. The Kier molecular flexibility index (Phi) is 14.5. The number of hydrogen-bond donors (Lipinski definition) is 1. The highest BCUT2D eigenvalue weighted by Crippen LogP contribution is 2.55. The molecular formula is C112H75B3N8OS2. The molecule has 5 aromatic heterocycles. The standard InChI is InChI=1S/C112H75B3N8OS2/c1-63-49-65(3)107(66(4)50-63)122-94-61-86-82(114-104-87(116-86)53-71(117-88-41-21-13-33-74(88)75-34-14-22-42-89(75)117)54-96(104)120(69-29-9-7-10-30-69)109-80-39-19-27-47-102(80)125-111(109)114)59-83(94)113-85-60-84-95(62-100(85)124-101-58-73(57-99(122)106(101)113)119-92-45-25-17-37-78(92)79-38-18-26-46-93(79)119)123(108-67(5)51-64(2)52-68(108)6)98-56-72(118-90-43-23-15-35-76(90)77-36-16-24-44-91(77)118)55-97-105(98)115(84)112-110(81-40-20-28-48-103(81)126-112)121(97)70-31-11-8-12-32-70/h7-62,116H,1-6H3. The van der Waals surface area contributed by atoms with Crippen molar-refractivity contribution in [1.82, 2.24) is 13.7 Å². The third kappa shape index (κ3) is 9.55. The lowest BCUT2D eigenvalue weighted by Crippen LogP contribution is -2.65. The summed E-state index contributed by atoms with van der Waals surface area (Å²) in [6, 6.07) is 129. The summed E-state index contributed by atoms with van der Waals surface area (Å²) in [5.41, 5.74) is 41.6. The molecule has 0 atom stereocenters. The highest BCUT2D eigenvalue weighted by Gasteiger charge is 2.52. The molecule has 0 saturated heterocycles. The maximum absolute atomic E-state index is 8.32. The number of para-hydroxylation sites is 8. The average Bonchev–Trinajstić information content (AvgIpc) is 1.18. The van der Waals surface area contributed by atoms with Crippen molar-refractivity contribution < 1.29 is 4.74 Å². The predicted molar refractivity (Wildman–Crippen MR) is 538 cm³/mol. The van der Waals surface area contributed by atoms with Crippen LogP contribution >= 0.6 is 22.7 Å². The zero-order chi connectivity index (χ0) is 83.1. The number of rotatable bonds is 7. The highest BCUT2D eigenvalue weighted by molar-refractivity contribution is 7.34. The molecule has 1 N–H and O–H groups in total. The first-order valence-electron chi connectivity index (χ1n) is 43.8. The number of benzene rings is 17. The van der Waals surface area contributed by atoms with Crippen molar-refractivity contribution in [3.05, 3.63) is 373 Å². The largest absolute Gasteiger partial charge is 0.458 e. The minimum absolute atomic E-state index is 0.202. The van der Waals surface area contributed by atoms with Crippen molar-refractivity contribution in [2.24, 2.45) is 0 Å². The fourth-order valence-corrected chi connectivity index (χ4v) is 26.3. The van der Waals surface area contributed by atoms with Crippen LogP contribution in [0.1, 0.15) is 33.4 Å². The Labute approximate surface area is 736 Å². The normalized spacial score (nSPS) is 13.7. The Morgan fingerprint density at radius 2 is 0.595 bits per heavy atom. The lowest BCUT2D eigenvalue weighted by Gasteiger charge is -2.46. The summed E-state index contributed by atoms with van der Waals surface area (Å²) in [5.74, 6) is 1.66. The molecule has 17 aromatic carbocycles. The van der Waals surface area contributed by atoms with Gasteiger partial charge in [-0.3, -0.25) is 0 Å². The van der Waals surface area contributed by atoms with Gasteiger partial charge in [-0.1, -0.05) is 230 Å². The van der Waals surface area contributed by atoms with Gasteiger partial charge in [0, 0.05) is 131 Å². The van der Waals surface area contributed by atoms with Crippen LogP contribution in [-0.2, 0) is 0 Å². The van der Waals surface area contributed by atoms with Crippen molar-refractivity contribution in [2.75, 3.05) is 24.9 Å². The van der Waals surface area contributed by atoms with Crippen molar-refractivity contribution in [3.8, 4) is 28.6 Å². The maximum Gasteiger partial charge on any atom is 0.264 e. The molecule has 0 fully saturated rings. The number of aromatic nitrogens is 3. The zero-order valence-corrected chi connectivity index (χ0v) is 71.6. The van der Waals surface area contributed by atoms with Gasteiger partial charge in [0.1, 0.15) is 11.5 Å². The molecule has 0 unspecified atom stereocenters. The summed E-state index contributed by atoms with van der Waals surface area (Å²) in [6.45, 7) is 13.0. The minimum Gasteiger partial charge on any atom is -0.458 e. The summed E-state index contributed by atoms with van der Waals surface area (Å²) < 4.78 is 21.0. The number of fused-ring (bicyclic) bond motifs is 25. The van der Waals surface area contributed by atoms with Crippen LogP contribution in [0, 0.1) is 41.5 Å². The molecule has 11 heterocycles. The number of aryl methyl sites for hydroxylation is 6. The minimum atomic E-state index is -0.371. The molecule has 6 aliphatic rings. The summed E-state index contributed by atoms with van der Waals surface area (Å²) in [7, 11) is 0. The molecule has 126 heavy (non-hydrogen) atoms. The van der Waals surface area contributed by atoms with Crippen LogP contribution < -0.4 is 77.4 Å². The van der Waals surface area contributed by atoms with E-state index in [0.717, 1.165) is 141 Å². The molecular weight excluding hydrogens is 1570 g/mol. The molecule has 0 saturated carbocycles. The van der Waals surface area contributed by atoms with Crippen LogP contribution in [-0.4, -0.2) is 33.8 Å². The molecule has 0 aliphatic carbocycles. The quantitative estimate of drug-likeness (QED) is 0.161. The first-order valence-corrected chi connectivity index (χ1v) is 45.4. The number of thiophene rings is 2. The van der Waals surface area contributed by atoms with Crippen LogP contribution in [0.4, 0.5) is 79.6 Å². The Hall–Kier alpha value is -14.9. The van der Waals surface area contributed by atoms with Crippen LogP contribution in [0.15, 0.2) is 340 Å². The summed E-state index contributed by atoms with van der Waals surface area (Å²) in [6.07, 6.45) is 0. The zero-order valence-electron chi connectivity index (χ0n) is 69.9. The van der Waals surface area contributed by atoms with Crippen molar-refractivity contribution >= 4 is 256 Å². The lowest BCUT2D eigenvalue weighted by molar-refractivity contribution is 0.487. The Morgan fingerprint density at radius 1 is 0.246 bits per heavy atom. The summed E-state index contributed by atoms with van der Waals surface area (Å²) in [5, 5.41) is 14.2. The molecule has 22 aromatic rings. The number of hydrogen-bond acceptors (Lipinski definition) is 8. The fraction of sp³-hybridized carbons (Fsp3) is 0.0536. The monoisotopic (exact) mass is 1640 g/mol. The van der Waals surface area contributed by atoms with Gasteiger partial charge in [-0.15, -0.1) is 22.7 Å². The summed E-state index contributed by atoms with van der Waals surface area (Å²) in [4.78, 5) is 10.5. The SMILES string of the molecule is Cc1cc(C)c(N2c3cc4c(cc3B3c5cc6c(cc5Oc5cc(-n7c8ccccc8c8ccccc87)cc2c53)N(c2c(C)cc(C)cc2C)c2cc(-n3c5ccccc5c5ccccc53)cc3c2B6c2sc5ccccc5c2N3c2ccccc2)B2c3sc5ccccc5c3N(c3ccccc3)c3cc(-n5c6ccccc6c6ccccc65)cc(c32)N4)c(C)c1. The van der Waals surface area contributed by atoms with E-state index in [0.29, 0.717) is 0 Å². The van der Waals surface area contributed by atoms with Crippen molar-refractivity contribution in [2.45, 2.75) is 41.5 Å². The number of nitrogens with zero attached hydrogens (tertiary/aromatic N) is 7. The van der Waals surface area contributed by atoms with Gasteiger partial charge in [0.15, 0.2) is 0 Å². The molecule has 590 valence electrons. The van der Waals surface area contributed by atoms with Crippen LogP contribution in [0.25, 0.3) is 103 Å². The van der Waals surface area contributed by atoms with Crippen molar-refractivity contribution in [3.63, 3.8) is 0 Å². The molecule has 14 heteroatoms. The van der Waals surface area contributed by atoms with E-state index in [1.54, 1.807) is 0 Å². The van der Waals surface area contributed by atoms with Gasteiger partial charge >= 0.3 is 0 Å². The van der Waals surface area contributed by atoms with E-state index in [9.17, 15) is 0 Å². The van der Waals surface area contributed by atoms with E-state index in [4.69, 9.17) is 4.74 Å². The highest BCUT2D eigenvalue weighted by atomic mass is 32.1. The van der Waals surface area contributed by atoms with Crippen LogP contribution in [0.2, 0.25) is 0 Å². The summed E-state index contributed by atoms with van der Waals surface area (Å²) >= 11 is 3.89. The third-order valence-corrected chi connectivity index (χ3v) is 30.6.